The largest absolute Gasteiger partial charge is 0.242 e. The molecule has 154 valence electrons. The lowest BCUT2D eigenvalue weighted by Gasteiger charge is -2.32. The van der Waals surface area contributed by atoms with Gasteiger partial charge in [0, 0.05) is 0 Å². The average Bonchev–Trinajstić information content (AvgIpc) is 2.85. The molecule has 0 spiro atoms. The fraction of sp³-hybridized carbons (Fsp3) is 0.0625. The molecule has 0 unspecified atom stereocenters. The predicted molar refractivity (Wildman–Crippen MR) is 145 cm³/mol. The van der Waals surface area contributed by atoms with Crippen LogP contribution in [0.25, 0.3) is 37.9 Å². The van der Waals surface area contributed by atoms with E-state index < -0.39 is 0 Å². The fourth-order valence-electron chi connectivity index (χ4n) is 6.14. The van der Waals surface area contributed by atoms with Crippen molar-refractivity contribution in [1.29, 1.82) is 0 Å². The van der Waals surface area contributed by atoms with E-state index in [0.29, 0.717) is 0 Å². The fourth-order valence-corrected chi connectivity index (χ4v) is 6.14. The molecule has 0 atom stereocenters. The first-order valence-corrected chi connectivity index (χ1v) is 11.7. The quantitative estimate of drug-likeness (QED) is 0.218. The van der Waals surface area contributed by atoms with E-state index in [0.717, 1.165) is 0 Å². The van der Waals surface area contributed by atoms with Crippen molar-refractivity contribution >= 4 is 61.0 Å². The Hall–Kier alpha value is -3.84. The van der Waals surface area contributed by atoms with Crippen molar-refractivity contribution in [2.24, 2.45) is 0 Å². The van der Waals surface area contributed by atoms with Gasteiger partial charge in [-0.1, -0.05) is 125 Å². The zero-order valence-corrected chi connectivity index (χ0v) is 18.9. The summed E-state index contributed by atoms with van der Waals surface area (Å²) in [7, 11) is 0. The summed E-state index contributed by atoms with van der Waals surface area (Å²) >= 11 is 0. The van der Waals surface area contributed by atoms with E-state index in [-0.39, 0.29) is 6.71 Å². The van der Waals surface area contributed by atoms with E-state index in [9.17, 15) is 0 Å². The minimum absolute atomic E-state index is 0.224. The second-order valence-electron chi connectivity index (χ2n) is 9.50. The molecule has 0 N–H and O–H groups in total. The van der Waals surface area contributed by atoms with Crippen molar-refractivity contribution in [3.05, 3.63) is 120 Å². The first-order valence-electron chi connectivity index (χ1n) is 11.7. The Labute approximate surface area is 194 Å². The van der Waals surface area contributed by atoms with Crippen LogP contribution in [0.2, 0.25) is 0 Å². The topological polar surface area (TPSA) is 0 Å². The molecule has 0 aliphatic carbocycles. The maximum absolute atomic E-state index is 2.47. The van der Waals surface area contributed by atoms with E-state index in [1.54, 1.807) is 0 Å². The first-order chi connectivity index (χ1) is 16.2. The van der Waals surface area contributed by atoms with Crippen LogP contribution in [0.4, 0.5) is 0 Å². The van der Waals surface area contributed by atoms with Crippen LogP contribution in [-0.2, 0) is 0 Å². The van der Waals surface area contributed by atoms with Gasteiger partial charge in [0.05, 0.1) is 0 Å². The van der Waals surface area contributed by atoms with Crippen molar-refractivity contribution in [3.8, 4) is 0 Å². The van der Waals surface area contributed by atoms with Crippen molar-refractivity contribution in [3.63, 3.8) is 0 Å². The van der Waals surface area contributed by atoms with Crippen molar-refractivity contribution in [2.45, 2.75) is 13.8 Å². The summed E-state index contributed by atoms with van der Waals surface area (Å²) in [5.74, 6) is 0. The minimum atomic E-state index is 0.224. The second-order valence-corrected chi connectivity index (χ2v) is 9.50. The Morgan fingerprint density at radius 1 is 0.576 bits per heavy atom. The molecule has 0 saturated heterocycles. The van der Waals surface area contributed by atoms with Crippen molar-refractivity contribution in [1.82, 2.24) is 0 Å². The van der Waals surface area contributed by atoms with Gasteiger partial charge in [-0.3, -0.25) is 0 Å². The van der Waals surface area contributed by atoms with Crippen molar-refractivity contribution in [2.75, 3.05) is 0 Å². The molecule has 0 aromatic heterocycles. The molecule has 6 aromatic rings. The minimum Gasteiger partial charge on any atom is -0.0686 e. The molecule has 0 radical (unpaired) electrons. The highest BCUT2D eigenvalue weighted by Crippen LogP contribution is 2.40. The zero-order chi connectivity index (χ0) is 22.1. The van der Waals surface area contributed by atoms with E-state index in [2.05, 4.69) is 117 Å². The third-order valence-electron chi connectivity index (χ3n) is 7.41. The van der Waals surface area contributed by atoms with Crippen LogP contribution in [0.1, 0.15) is 25.0 Å². The van der Waals surface area contributed by atoms with Crippen LogP contribution in [0.5, 0.6) is 0 Å². The van der Waals surface area contributed by atoms with Gasteiger partial charge in [0.2, 0.25) is 6.71 Å². The normalized spacial score (nSPS) is 13.0. The van der Waals surface area contributed by atoms with Gasteiger partial charge >= 0.3 is 0 Å². The molecular formula is C32H23B. The van der Waals surface area contributed by atoms with Gasteiger partial charge in [0.25, 0.3) is 0 Å². The monoisotopic (exact) mass is 418 g/mol. The number of fused-ring (bicyclic) bond motifs is 3. The van der Waals surface area contributed by atoms with Gasteiger partial charge in [-0.2, -0.15) is 0 Å². The van der Waals surface area contributed by atoms with Gasteiger partial charge < -0.3 is 0 Å². The van der Waals surface area contributed by atoms with Gasteiger partial charge in [0.1, 0.15) is 0 Å². The molecule has 0 amide bonds. The molecular weight excluding hydrogens is 395 g/mol. The maximum Gasteiger partial charge on any atom is 0.242 e. The SMILES string of the molecule is CC(C)=C1c2ccccc2B(c2ccccc2)c2cc3ccc4cccc5ccc(c21)c3c45. The molecule has 1 heterocycles. The molecule has 1 aliphatic rings. The summed E-state index contributed by atoms with van der Waals surface area (Å²) in [6.07, 6.45) is 0. The second kappa shape index (κ2) is 6.83. The molecule has 0 bridgehead atoms. The van der Waals surface area contributed by atoms with Crippen LogP contribution in [-0.4, -0.2) is 6.71 Å². The molecule has 1 heteroatoms. The standard InChI is InChI=1S/C32H23B/c1-20(2)29-25-13-6-7-14-27(25)33(24-11-4-3-5-12-24)28-19-23-16-15-21-9-8-10-22-17-18-26(32(28)29)31(23)30(21)22/h3-19H,1-2H3. The molecule has 1 aliphatic heterocycles. The average molecular weight is 418 g/mol. The van der Waals surface area contributed by atoms with E-state index in [4.69, 9.17) is 0 Å². The van der Waals surface area contributed by atoms with E-state index >= 15 is 0 Å². The maximum atomic E-state index is 2.47. The van der Waals surface area contributed by atoms with Crippen LogP contribution in [0.3, 0.4) is 0 Å². The molecule has 0 fully saturated rings. The van der Waals surface area contributed by atoms with Gasteiger partial charge in [0.15, 0.2) is 0 Å². The number of benzene rings is 6. The molecule has 6 aromatic carbocycles. The first kappa shape index (κ1) is 18.7. The molecule has 33 heavy (non-hydrogen) atoms. The Kier molecular flexibility index (Phi) is 3.87. The molecule has 0 saturated carbocycles. The molecule has 7 rings (SSSR count). The lowest BCUT2D eigenvalue weighted by molar-refractivity contribution is 1.38. The van der Waals surface area contributed by atoms with Gasteiger partial charge in [-0.05, 0) is 62.9 Å². The summed E-state index contributed by atoms with van der Waals surface area (Å²) in [5, 5.41) is 8.13. The predicted octanol–water partition coefficient (Wildman–Crippen LogP) is 6.26. The van der Waals surface area contributed by atoms with Gasteiger partial charge in [-0.15, -0.1) is 0 Å². The van der Waals surface area contributed by atoms with Crippen LogP contribution < -0.4 is 16.4 Å². The third-order valence-corrected chi connectivity index (χ3v) is 7.41. The number of allylic oxidation sites excluding steroid dienone is 1. The highest BCUT2D eigenvalue weighted by atomic mass is 14.2. The third kappa shape index (κ3) is 2.54. The number of hydrogen-bond donors (Lipinski definition) is 0. The van der Waals surface area contributed by atoms with Crippen LogP contribution in [0, 0.1) is 0 Å². The van der Waals surface area contributed by atoms with E-state index in [1.807, 2.05) is 0 Å². The zero-order valence-electron chi connectivity index (χ0n) is 18.9. The van der Waals surface area contributed by atoms with Crippen LogP contribution in [0.15, 0.2) is 109 Å². The lowest BCUT2D eigenvalue weighted by atomic mass is 9.33. The Morgan fingerprint density at radius 3 is 2.06 bits per heavy atom. The summed E-state index contributed by atoms with van der Waals surface area (Å²) in [6, 6.07) is 38.4. The smallest absolute Gasteiger partial charge is 0.0686 e. The summed E-state index contributed by atoms with van der Waals surface area (Å²) < 4.78 is 0. The Morgan fingerprint density at radius 2 is 1.27 bits per heavy atom. The Bertz CT molecular complexity index is 1700. The van der Waals surface area contributed by atoms with E-state index in [1.165, 1.54) is 71.0 Å². The highest BCUT2D eigenvalue weighted by molar-refractivity contribution is 6.97. The van der Waals surface area contributed by atoms with Crippen molar-refractivity contribution < 1.29 is 0 Å². The molecule has 0 nitrogen and oxygen atoms in total. The summed E-state index contributed by atoms with van der Waals surface area (Å²) in [5.41, 5.74) is 9.71. The Balaban J connectivity index is 1.71. The van der Waals surface area contributed by atoms with Crippen LogP contribution >= 0.6 is 0 Å². The number of rotatable bonds is 1. The summed E-state index contributed by atoms with van der Waals surface area (Å²) in [4.78, 5) is 0. The summed E-state index contributed by atoms with van der Waals surface area (Å²) in [6.45, 7) is 4.75. The van der Waals surface area contributed by atoms with Gasteiger partial charge in [-0.25, -0.2) is 0 Å². The lowest BCUT2D eigenvalue weighted by Crippen LogP contribution is -2.56. The highest BCUT2D eigenvalue weighted by Gasteiger charge is 2.34. The number of hydrogen-bond acceptors (Lipinski definition) is 0.